The molecular formula is C6H13NO5. The lowest BCUT2D eigenvalue weighted by Gasteiger charge is -2.27. The number of aliphatic hydroxyl groups is 3. The highest BCUT2D eigenvalue weighted by Crippen LogP contribution is 2.01. The van der Waals surface area contributed by atoms with Crippen LogP contribution in [0.5, 0.6) is 0 Å². The van der Waals surface area contributed by atoms with E-state index in [0.29, 0.717) is 0 Å². The van der Waals surface area contributed by atoms with Crippen molar-refractivity contribution in [3.05, 3.63) is 0 Å². The van der Waals surface area contributed by atoms with Gasteiger partial charge in [0.2, 0.25) is 6.23 Å². The van der Waals surface area contributed by atoms with E-state index < -0.39 is 30.9 Å². The zero-order chi connectivity index (χ0) is 9.78. The van der Waals surface area contributed by atoms with Crippen LogP contribution in [0.1, 0.15) is 6.92 Å². The predicted octanol–water partition coefficient (Wildman–Crippen LogP) is -2.28. The normalized spacial score (nSPS) is 14.3. The van der Waals surface area contributed by atoms with E-state index in [1.54, 1.807) is 0 Å². The number of aliphatic hydroxyl groups excluding tert-OH is 3. The Bertz CT molecular complexity index is 156. The van der Waals surface area contributed by atoms with E-state index in [-0.39, 0.29) is 0 Å². The standard InChI is InChI=1S/C6H13NO5/c1-6(2-8,3-9)7-4(10)5(11)12/h4,7-10H,2-3H2,1H3,(H,11,12). The number of carboxylic acids is 1. The summed E-state index contributed by atoms with van der Waals surface area (Å²) in [6.07, 6.45) is -1.78. The summed E-state index contributed by atoms with van der Waals surface area (Å²) >= 11 is 0. The molecule has 72 valence electrons. The predicted molar refractivity (Wildman–Crippen MR) is 39.4 cm³/mol. The highest BCUT2D eigenvalue weighted by atomic mass is 16.4. The molecule has 0 aliphatic carbocycles. The molecule has 0 saturated heterocycles. The third kappa shape index (κ3) is 3.14. The lowest BCUT2D eigenvalue weighted by atomic mass is 10.1. The molecule has 1 unspecified atom stereocenters. The summed E-state index contributed by atoms with van der Waals surface area (Å²) in [5, 5.41) is 36.6. The average Bonchev–Trinajstić information content (AvgIpc) is 2.04. The molecule has 0 saturated carbocycles. The molecule has 5 N–H and O–H groups in total. The van der Waals surface area contributed by atoms with Gasteiger partial charge in [0.25, 0.3) is 0 Å². The molecule has 0 fully saturated rings. The zero-order valence-corrected chi connectivity index (χ0v) is 6.69. The second-order valence-corrected chi connectivity index (χ2v) is 2.76. The fraction of sp³-hybridized carbons (Fsp3) is 0.833. The molecule has 0 heterocycles. The largest absolute Gasteiger partial charge is 0.478 e. The number of carboxylic acid groups (broad SMARTS) is 1. The first-order valence-electron chi connectivity index (χ1n) is 3.35. The van der Waals surface area contributed by atoms with E-state index in [1.165, 1.54) is 6.92 Å². The molecule has 0 rings (SSSR count). The second kappa shape index (κ2) is 4.36. The van der Waals surface area contributed by atoms with E-state index in [0.717, 1.165) is 0 Å². The summed E-state index contributed by atoms with van der Waals surface area (Å²) < 4.78 is 0. The Kier molecular flexibility index (Phi) is 4.11. The molecule has 0 bridgehead atoms. The van der Waals surface area contributed by atoms with Gasteiger partial charge in [0.05, 0.1) is 18.8 Å². The number of rotatable bonds is 5. The highest BCUT2D eigenvalue weighted by Gasteiger charge is 2.27. The minimum atomic E-state index is -1.78. The molecule has 0 aromatic heterocycles. The molecule has 0 aliphatic heterocycles. The van der Waals surface area contributed by atoms with Crippen molar-refractivity contribution in [2.24, 2.45) is 0 Å². The molecule has 6 heteroatoms. The Morgan fingerprint density at radius 3 is 2.17 bits per heavy atom. The molecule has 0 spiro atoms. The topological polar surface area (TPSA) is 110 Å². The Morgan fingerprint density at radius 2 is 1.92 bits per heavy atom. The SMILES string of the molecule is CC(CO)(CO)NC(O)C(=O)O. The molecule has 0 aromatic rings. The van der Waals surface area contributed by atoms with Gasteiger partial charge in [0, 0.05) is 0 Å². The monoisotopic (exact) mass is 179 g/mol. The van der Waals surface area contributed by atoms with Crippen LogP contribution in [0, 0.1) is 0 Å². The molecule has 6 nitrogen and oxygen atoms in total. The van der Waals surface area contributed by atoms with Crippen molar-refractivity contribution in [3.63, 3.8) is 0 Å². The van der Waals surface area contributed by atoms with Crippen molar-refractivity contribution in [3.8, 4) is 0 Å². The first-order chi connectivity index (χ1) is 5.45. The molecular weight excluding hydrogens is 166 g/mol. The summed E-state index contributed by atoms with van der Waals surface area (Å²) in [6.45, 7) is 0.459. The van der Waals surface area contributed by atoms with E-state index in [2.05, 4.69) is 5.32 Å². The average molecular weight is 179 g/mol. The Hall–Kier alpha value is -0.690. The maximum absolute atomic E-state index is 10.1. The van der Waals surface area contributed by atoms with E-state index in [1.807, 2.05) is 0 Å². The van der Waals surface area contributed by atoms with Crippen LogP contribution in [0.25, 0.3) is 0 Å². The van der Waals surface area contributed by atoms with E-state index >= 15 is 0 Å². The smallest absolute Gasteiger partial charge is 0.347 e. The number of hydrogen-bond acceptors (Lipinski definition) is 5. The van der Waals surface area contributed by atoms with E-state index in [4.69, 9.17) is 20.4 Å². The molecule has 12 heavy (non-hydrogen) atoms. The van der Waals surface area contributed by atoms with Crippen molar-refractivity contribution in [1.29, 1.82) is 0 Å². The molecule has 0 amide bonds. The molecule has 0 aromatic carbocycles. The minimum Gasteiger partial charge on any atom is -0.478 e. The lowest BCUT2D eigenvalue weighted by Crippen LogP contribution is -2.55. The van der Waals surface area contributed by atoms with Gasteiger partial charge in [-0.3, -0.25) is 5.32 Å². The summed E-state index contributed by atoms with van der Waals surface area (Å²) in [5.41, 5.74) is -1.18. The van der Waals surface area contributed by atoms with Gasteiger partial charge >= 0.3 is 5.97 Å². The number of nitrogens with one attached hydrogen (secondary N) is 1. The summed E-state index contributed by atoms with van der Waals surface area (Å²) in [4.78, 5) is 10.1. The fourth-order valence-corrected chi connectivity index (χ4v) is 0.533. The summed E-state index contributed by atoms with van der Waals surface area (Å²) in [5.74, 6) is -1.46. The molecule has 0 radical (unpaired) electrons. The van der Waals surface area contributed by atoms with Crippen LogP contribution in [-0.4, -0.2) is 51.4 Å². The number of carbonyl (C=O) groups is 1. The van der Waals surface area contributed by atoms with Gasteiger partial charge in [0.1, 0.15) is 0 Å². The number of aliphatic carboxylic acids is 1. The Morgan fingerprint density at radius 1 is 1.50 bits per heavy atom. The van der Waals surface area contributed by atoms with Crippen molar-refractivity contribution in [2.75, 3.05) is 13.2 Å². The van der Waals surface area contributed by atoms with Crippen molar-refractivity contribution >= 4 is 5.97 Å². The van der Waals surface area contributed by atoms with Gasteiger partial charge in [-0.2, -0.15) is 0 Å². The summed E-state index contributed by atoms with van der Waals surface area (Å²) in [6, 6.07) is 0. The third-order valence-corrected chi connectivity index (χ3v) is 1.42. The fourth-order valence-electron chi connectivity index (χ4n) is 0.533. The van der Waals surface area contributed by atoms with Gasteiger partial charge in [-0.1, -0.05) is 0 Å². The maximum atomic E-state index is 10.1. The van der Waals surface area contributed by atoms with Crippen LogP contribution >= 0.6 is 0 Å². The Balaban J connectivity index is 4.11. The molecule has 1 atom stereocenters. The van der Waals surface area contributed by atoms with Crippen molar-refractivity contribution in [2.45, 2.75) is 18.7 Å². The van der Waals surface area contributed by atoms with Gasteiger partial charge < -0.3 is 20.4 Å². The van der Waals surface area contributed by atoms with Crippen LogP contribution in [0.15, 0.2) is 0 Å². The quantitative estimate of drug-likeness (QED) is 0.304. The maximum Gasteiger partial charge on any atom is 0.347 e. The lowest BCUT2D eigenvalue weighted by molar-refractivity contribution is -0.150. The van der Waals surface area contributed by atoms with Crippen molar-refractivity contribution < 1.29 is 25.2 Å². The number of hydrogen-bond donors (Lipinski definition) is 5. The van der Waals surface area contributed by atoms with E-state index in [9.17, 15) is 4.79 Å². The first-order valence-corrected chi connectivity index (χ1v) is 3.35. The van der Waals surface area contributed by atoms with Gasteiger partial charge in [-0.05, 0) is 6.92 Å². The van der Waals surface area contributed by atoms with Crippen LogP contribution in [0.3, 0.4) is 0 Å². The van der Waals surface area contributed by atoms with Crippen LogP contribution in [0.2, 0.25) is 0 Å². The van der Waals surface area contributed by atoms with Gasteiger partial charge in [-0.15, -0.1) is 0 Å². The second-order valence-electron chi connectivity index (χ2n) is 2.76. The van der Waals surface area contributed by atoms with Crippen molar-refractivity contribution in [1.82, 2.24) is 5.32 Å². The highest BCUT2D eigenvalue weighted by molar-refractivity contribution is 5.71. The zero-order valence-electron chi connectivity index (χ0n) is 6.69. The van der Waals surface area contributed by atoms with Crippen LogP contribution in [-0.2, 0) is 4.79 Å². The van der Waals surface area contributed by atoms with Gasteiger partial charge in [-0.25, -0.2) is 4.79 Å². The Labute approximate surface area is 69.5 Å². The van der Waals surface area contributed by atoms with Gasteiger partial charge in [0.15, 0.2) is 0 Å². The van der Waals surface area contributed by atoms with Crippen LogP contribution < -0.4 is 5.32 Å². The summed E-state index contributed by atoms with van der Waals surface area (Å²) in [7, 11) is 0. The van der Waals surface area contributed by atoms with Crippen LogP contribution in [0.4, 0.5) is 0 Å². The molecule has 0 aliphatic rings. The minimum absolute atomic E-state index is 0.464. The third-order valence-electron chi connectivity index (χ3n) is 1.42. The first kappa shape index (κ1) is 11.3.